The van der Waals surface area contributed by atoms with Gasteiger partial charge < -0.3 is 11.5 Å². The molecule has 123 heavy (non-hydrogen) atoms. The first kappa shape index (κ1) is 123. The summed E-state index contributed by atoms with van der Waals surface area (Å²) < 4.78 is 48.3. The van der Waals surface area contributed by atoms with E-state index in [9.17, 15) is 56.2 Å². The van der Waals surface area contributed by atoms with Crippen LogP contribution in [0.5, 0.6) is 0 Å². The summed E-state index contributed by atoms with van der Waals surface area (Å²) >= 11 is 0. The SMILES string of the molecule is CC.CC.CC.CC.CC.CC.CC.CC.CC.CC.NCc1ccc(CCC(=O)CCc2cccnc2)cc1.NCc1cccnc1.O=C(CCc1ccc(CNS(=O)(=O)c2ccccc2)cc1)CCc1cccnc1.O=C(CCc1ccc(C[N+](=O)[O-])cc1)CCc1cccnc1.O=C=NCc1ccc(C[N+](=O)[O-])cc1.O=S(=O)(Cl)c1ccccc1. The minimum absolute atomic E-state index is 0.136. The Morgan fingerprint density at radius 3 is 0.846 bits per heavy atom. The molecule has 0 fully saturated rings. The van der Waals surface area contributed by atoms with Gasteiger partial charge >= 0.3 is 0 Å². The summed E-state index contributed by atoms with van der Waals surface area (Å²) in [7, 11) is -2.02. The van der Waals surface area contributed by atoms with Crippen molar-refractivity contribution >= 4 is 53.2 Å². The Balaban J connectivity index is -0.000000331. The molecule has 10 rings (SSSR count). The Morgan fingerprint density at radius 2 is 0.602 bits per heavy atom. The van der Waals surface area contributed by atoms with E-state index in [2.05, 4.69) is 41.8 Å². The van der Waals surface area contributed by atoms with Crippen molar-refractivity contribution in [2.24, 2.45) is 16.5 Å². The third kappa shape index (κ3) is 66.5. The number of aryl methyl sites for hydroxylation is 6. The second kappa shape index (κ2) is 86.1. The molecule has 0 amide bonds. The highest BCUT2D eigenvalue weighted by molar-refractivity contribution is 8.13. The Bertz CT molecular complexity index is 4390. The van der Waals surface area contributed by atoms with E-state index in [4.69, 9.17) is 22.1 Å². The van der Waals surface area contributed by atoms with Crippen molar-refractivity contribution in [1.82, 2.24) is 24.7 Å². The van der Waals surface area contributed by atoms with E-state index in [1.807, 2.05) is 242 Å². The maximum absolute atomic E-state index is 12.3. The second-order valence-corrected chi connectivity index (χ2v) is 27.3. The summed E-state index contributed by atoms with van der Waals surface area (Å²) in [5, 5.41) is 20.6. The zero-order chi connectivity index (χ0) is 94.3. The van der Waals surface area contributed by atoms with Gasteiger partial charge in [0, 0.05) is 139 Å². The smallest absolute Gasteiger partial charge is 0.261 e. The quantitative estimate of drug-likeness (QED) is 0.0119. The van der Waals surface area contributed by atoms with Gasteiger partial charge in [0.05, 0.1) is 16.3 Å². The van der Waals surface area contributed by atoms with Crippen molar-refractivity contribution in [2.45, 2.75) is 265 Å². The van der Waals surface area contributed by atoms with Gasteiger partial charge in [-0.15, -0.1) is 0 Å². The molecule has 0 radical (unpaired) electrons. The molecular formula is C98H143ClN10O12S2. The molecule has 0 saturated heterocycles. The molecule has 25 heteroatoms. The Hall–Kier alpha value is -10.8. The molecule has 6 aromatic carbocycles. The van der Waals surface area contributed by atoms with E-state index < -0.39 is 24.0 Å². The first-order chi connectivity index (χ1) is 59.7. The lowest BCUT2D eigenvalue weighted by Gasteiger charge is -2.08. The third-order valence-electron chi connectivity index (χ3n) is 15.1. The van der Waals surface area contributed by atoms with Crippen molar-refractivity contribution in [3.05, 3.63) is 343 Å². The van der Waals surface area contributed by atoms with Crippen molar-refractivity contribution < 1.29 is 45.9 Å². The van der Waals surface area contributed by atoms with Gasteiger partial charge in [-0.2, -0.15) is 0 Å². The van der Waals surface area contributed by atoms with Gasteiger partial charge in [-0.1, -0.05) is 296 Å². The van der Waals surface area contributed by atoms with Crippen LogP contribution in [0.4, 0.5) is 0 Å². The van der Waals surface area contributed by atoms with Crippen molar-refractivity contribution in [2.75, 3.05) is 0 Å². The zero-order valence-electron chi connectivity index (χ0n) is 76.9. The number of nitrogens with zero attached hydrogens (tertiary/aromatic N) is 7. The Morgan fingerprint density at radius 1 is 0.350 bits per heavy atom. The molecule has 0 unspecified atom stereocenters. The van der Waals surface area contributed by atoms with Crippen molar-refractivity contribution in [3.8, 4) is 0 Å². The number of aliphatic imine (C=N–C) groups is 1. The molecule has 22 nitrogen and oxygen atoms in total. The van der Waals surface area contributed by atoms with Crippen LogP contribution in [0.15, 0.2) is 271 Å². The van der Waals surface area contributed by atoms with E-state index in [1.54, 1.807) is 128 Å². The standard InChI is InChI=1S/C23H24N2O3S.C17H18N2O3.C17H20N2O.C9H8N2O3.C6H5ClO2S.C6H8N2.10C2H6/c26-22(15-13-20-5-4-16-24-17-20)14-12-19-8-10-21(11-9-19)18-25-29(27,28)23-6-2-1-3-7-23;20-17(10-8-15-2-1-11-18-12-15)9-7-14-3-5-16(6-4-14)13-19(21)22;18-12-15-5-3-14(4-6-15)7-9-17(20)10-8-16-2-1-11-19-13-16;12-7-10-5-8-1-3-9(4-2-8)6-11(13)14;7-10(8,9)6-4-2-1-3-5-6;7-4-6-2-1-3-8-5-6;10*1-2/h1-11,16-17,25H,12-15,18H2;1-6,11-12H,7-10,13H2;1-6,11,13H,7-10,12,18H2;1-4H,5-6H2;1-5H;1-3,5H,4,7H2;10*1-2H3. The number of pyridine rings is 4. The van der Waals surface area contributed by atoms with E-state index in [0.29, 0.717) is 94.2 Å². The summed E-state index contributed by atoms with van der Waals surface area (Å²) in [5.74, 6) is 0.753. The fourth-order valence-electron chi connectivity index (χ4n) is 9.33. The molecule has 5 N–H and O–H groups in total. The monoisotopic (exact) mass is 1750 g/mol. The van der Waals surface area contributed by atoms with Crippen LogP contribution in [0.1, 0.15) is 244 Å². The van der Waals surface area contributed by atoms with Crippen molar-refractivity contribution in [1.29, 1.82) is 0 Å². The summed E-state index contributed by atoms with van der Waals surface area (Å²) in [6.45, 7) is 41.3. The highest BCUT2D eigenvalue weighted by Gasteiger charge is 2.14. The summed E-state index contributed by atoms with van der Waals surface area (Å²) in [5.41, 5.74) is 22.6. The number of hydrogen-bond donors (Lipinski definition) is 3. The number of halogens is 1. The first-order valence-corrected chi connectivity index (χ1v) is 46.6. The molecule has 4 heterocycles. The van der Waals surface area contributed by atoms with Gasteiger partial charge in [-0.05, 0) is 143 Å². The number of carbonyl (C=O) groups is 3. The van der Waals surface area contributed by atoms with E-state index in [-0.39, 0.29) is 52.5 Å². The fourth-order valence-corrected chi connectivity index (χ4v) is 11.2. The lowest BCUT2D eigenvalue weighted by atomic mass is 10.0. The molecule has 4 aromatic heterocycles. The van der Waals surface area contributed by atoms with Crippen LogP contribution in [-0.2, 0) is 116 Å². The van der Waals surface area contributed by atoms with Crippen LogP contribution in [0, 0.1) is 20.2 Å². The Kier molecular flexibility index (Phi) is 86.1. The number of rotatable bonds is 31. The number of hydrogen-bond acceptors (Lipinski definition) is 19. The largest absolute Gasteiger partial charge is 0.326 e. The number of isocyanates is 1. The number of benzene rings is 6. The molecule has 676 valence electrons. The van der Waals surface area contributed by atoms with Gasteiger partial charge in [0.15, 0.2) is 0 Å². The van der Waals surface area contributed by atoms with Gasteiger partial charge in [0.1, 0.15) is 17.3 Å². The molecule has 0 bridgehead atoms. The fraction of sp³-hybridized carbons (Fsp3) is 0.388. The minimum atomic E-state index is -3.53. The number of nitrogens with two attached hydrogens (primary N) is 2. The Labute approximate surface area is 743 Å². The molecule has 0 aliphatic carbocycles. The van der Waals surface area contributed by atoms with Crippen LogP contribution >= 0.6 is 10.7 Å². The average Bonchev–Trinajstić information content (AvgIpc) is 0.844. The molecule has 0 atom stereocenters. The number of nitro groups is 2. The highest BCUT2D eigenvalue weighted by Crippen LogP contribution is 2.16. The van der Waals surface area contributed by atoms with Crippen LogP contribution in [0.3, 0.4) is 0 Å². The van der Waals surface area contributed by atoms with E-state index in [1.165, 1.54) is 23.8 Å². The maximum atomic E-state index is 12.3. The van der Waals surface area contributed by atoms with E-state index >= 15 is 0 Å². The number of ketones is 3. The van der Waals surface area contributed by atoms with Gasteiger partial charge in [0.2, 0.25) is 29.2 Å². The molecule has 0 aliphatic heterocycles. The van der Waals surface area contributed by atoms with Crippen molar-refractivity contribution in [3.63, 3.8) is 0 Å². The van der Waals surface area contributed by atoms with Crippen LogP contribution in [-0.4, -0.2) is 70.0 Å². The summed E-state index contributed by atoms with van der Waals surface area (Å²) in [6, 6.07) is 61.3. The lowest BCUT2D eigenvalue weighted by Crippen LogP contribution is -2.23. The lowest BCUT2D eigenvalue weighted by molar-refractivity contribution is -0.496. The topological polar surface area (TPSA) is 351 Å². The van der Waals surface area contributed by atoms with Gasteiger partial charge in [-0.25, -0.2) is 31.3 Å². The molecule has 0 aliphatic rings. The van der Waals surface area contributed by atoms with Crippen LogP contribution in [0.25, 0.3) is 0 Å². The normalized spacial score (nSPS) is 9.26. The van der Waals surface area contributed by atoms with E-state index in [0.717, 1.165) is 62.9 Å². The number of nitrogens with one attached hydrogen (secondary N) is 1. The van der Waals surface area contributed by atoms with Gasteiger partial charge in [0.25, 0.3) is 9.05 Å². The number of carbonyl (C=O) groups excluding carboxylic acids is 4. The molecule has 0 saturated carbocycles. The molecule has 0 spiro atoms. The molecule has 10 aromatic rings. The summed E-state index contributed by atoms with van der Waals surface area (Å²) in [6.07, 6.45) is 23.1. The second-order valence-electron chi connectivity index (χ2n) is 23.0. The maximum Gasteiger partial charge on any atom is 0.261 e. The zero-order valence-corrected chi connectivity index (χ0v) is 79.2. The van der Waals surface area contributed by atoms with Crippen LogP contribution < -0.4 is 16.2 Å². The predicted octanol–water partition coefficient (Wildman–Crippen LogP) is 23.1. The number of aromatic nitrogens is 4. The van der Waals surface area contributed by atoms with Crippen LogP contribution in [0.2, 0.25) is 0 Å². The molecular weight excluding hydrogens is 1610 g/mol. The average molecular weight is 1750 g/mol. The van der Waals surface area contributed by atoms with Gasteiger partial charge in [-0.3, -0.25) is 54.5 Å². The third-order valence-corrected chi connectivity index (χ3v) is 17.9. The first-order valence-electron chi connectivity index (χ1n) is 42.8. The number of sulfonamides is 1. The number of Topliss-reactive ketones (excluding diaryl/α,β-unsaturated/α-hetero) is 3. The minimum Gasteiger partial charge on any atom is -0.326 e. The summed E-state index contributed by atoms with van der Waals surface area (Å²) in [4.78, 5) is 85.3. The highest BCUT2D eigenvalue weighted by atomic mass is 35.7. The predicted molar refractivity (Wildman–Crippen MR) is 510 cm³/mol.